The summed E-state index contributed by atoms with van der Waals surface area (Å²) in [6, 6.07) is 6.71. The molecule has 1 aromatic rings. The molecule has 146 valence electrons. The third-order valence-electron chi connectivity index (χ3n) is 6.22. The van der Waals surface area contributed by atoms with Crippen LogP contribution in [0.5, 0.6) is 5.75 Å². The standard InChI is InChI=1S/C24H29N2OS/c1-2-10-25(11-3-1)12-5-14-27-20-7-8-21-22(16-20)24-6-4-13-26(24)17-23(21)19-9-15-28-18-19/h6-9,15-16,18H,1-5,10-14,17H2/q+1. The van der Waals surface area contributed by atoms with E-state index in [4.69, 9.17) is 4.74 Å². The number of hydrogen-bond acceptors (Lipinski definition) is 3. The zero-order valence-electron chi connectivity index (χ0n) is 16.5. The van der Waals surface area contributed by atoms with Crippen molar-refractivity contribution in [1.82, 2.24) is 9.80 Å². The molecule has 4 heterocycles. The smallest absolute Gasteiger partial charge is 0.212 e. The predicted octanol–water partition coefficient (Wildman–Crippen LogP) is 4.17. The molecule has 0 radical (unpaired) electrons. The first-order valence-corrected chi connectivity index (χ1v) is 11.7. The molecule has 0 saturated carbocycles. The number of piperidine rings is 1. The Morgan fingerprint density at radius 2 is 1.96 bits per heavy atom. The average Bonchev–Trinajstić information content (AvgIpc) is 3.43. The van der Waals surface area contributed by atoms with Crippen LogP contribution in [0.1, 0.15) is 43.2 Å². The third-order valence-corrected chi connectivity index (χ3v) is 6.91. The Labute approximate surface area is 172 Å². The summed E-state index contributed by atoms with van der Waals surface area (Å²) < 4.78 is 6.16. The van der Waals surface area contributed by atoms with E-state index < -0.39 is 0 Å². The SMILES string of the molecule is C1=CC(=C2CN3CCC=C3c3cc(OCCCN4CCCCC4)ccc32)C=[S+]1. The summed E-state index contributed by atoms with van der Waals surface area (Å²) in [5, 5.41) is 4.45. The van der Waals surface area contributed by atoms with Crippen molar-refractivity contribution in [1.29, 1.82) is 0 Å². The summed E-state index contributed by atoms with van der Waals surface area (Å²) in [4.78, 5) is 5.11. The highest BCUT2D eigenvalue weighted by molar-refractivity contribution is 7.81. The minimum atomic E-state index is 0.805. The van der Waals surface area contributed by atoms with Crippen molar-refractivity contribution in [3.05, 3.63) is 52.5 Å². The Hall–Kier alpha value is -1.91. The second-order valence-corrected chi connectivity index (χ2v) is 8.88. The highest BCUT2D eigenvalue weighted by atomic mass is 32.1. The van der Waals surface area contributed by atoms with Crippen LogP contribution >= 0.6 is 0 Å². The number of rotatable bonds is 5. The van der Waals surface area contributed by atoms with Gasteiger partial charge in [0.1, 0.15) is 5.75 Å². The molecule has 0 N–H and O–H groups in total. The molecule has 4 aliphatic rings. The number of allylic oxidation sites excluding steroid dienone is 2. The molecule has 1 fully saturated rings. The topological polar surface area (TPSA) is 15.7 Å². The zero-order valence-corrected chi connectivity index (χ0v) is 17.3. The van der Waals surface area contributed by atoms with Crippen LogP contribution in [0.15, 0.2) is 41.3 Å². The summed E-state index contributed by atoms with van der Waals surface area (Å²) >= 11 is 1.78. The van der Waals surface area contributed by atoms with Crippen molar-refractivity contribution in [3.8, 4) is 5.75 Å². The van der Waals surface area contributed by atoms with Crippen LogP contribution in [0.4, 0.5) is 0 Å². The van der Waals surface area contributed by atoms with Crippen LogP contribution in [-0.2, 0) is 11.4 Å². The van der Waals surface area contributed by atoms with E-state index >= 15 is 0 Å². The minimum Gasteiger partial charge on any atom is -0.494 e. The molecule has 3 nitrogen and oxygen atoms in total. The second kappa shape index (κ2) is 8.22. The Morgan fingerprint density at radius 3 is 2.82 bits per heavy atom. The van der Waals surface area contributed by atoms with Crippen molar-refractivity contribution >= 4 is 28.0 Å². The molecule has 4 aliphatic heterocycles. The fourth-order valence-corrected chi connectivity index (χ4v) is 5.43. The van der Waals surface area contributed by atoms with Crippen LogP contribution in [0, 0.1) is 0 Å². The minimum absolute atomic E-state index is 0.805. The van der Waals surface area contributed by atoms with E-state index in [0.29, 0.717) is 0 Å². The van der Waals surface area contributed by atoms with E-state index in [1.807, 2.05) is 0 Å². The highest BCUT2D eigenvalue weighted by Crippen LogP contribution is 2.40. The first-order chi connectivity index (χ1) is 13.9. The van der Waals surface area contributed by atoms with Crippen LogP contribution < -0.4 is 4.74 Å². The number of fused-ring (bicyclic) bond motifs is 3. The molecule has 1 saturated heterocycles. The molecule has 0 atom stereocenters. The van der Waals surface area contributed by atoms with E-state index in [9.17, 15) is 0 Å². The maximum atomic E-state index is 6.16. The van der Waals surface area contributed by atoms with Crippen molar-refractivity contribution in [2.24, 2.45) is 0 Å². The molecule has 0 aromatic heterocycles. The average molecular weight is 394 g/mol. The van der Waals surface area contributed by atoms with E-state index in [2.05, 4.69) is 50.9 Å². The highest BCUT2D eigenvalue weighted by Gasteiger charge is 2.29. The lowest BCUT2D eigenvalue weighted by molar-refractivity contribution is 0.205. The summed E-state index contributed by atoms with van der Waals surface area (Å²) in [5.41, 5.74) is 6.94. The number of ether oxygens (including phenoxy) is 1. The van der Waals surface area contributed by atoms with Crippen LogP contribution in [0.25, 0.3) is 11.3 Å². The quantitative estimate of drug-likeness (QED) is 0.323. The van der Waals surface area contributed by atoms with E-state index in [1.165, 1.54) is 66.9 Å². The summed E-state index contributed by atoms with van der Waals surface area (Å²) in [6.07, 6.45) is 11.0. The van der Waals surface area contributed by atoms with Crippen LogP contribution in [0.2, 0.25) is 0 Å². The van der Waals surface area contributed by atoms with Gasteiger partial charge in [-0.1, -0.05) is 18.6 Å². The third kappa shape index (κ3) is 3.68. The number of benzene rings is 1. The number of likely N-dealkylation sites (tertiary alicyclic amines) is 1. The predicted molar refractivity (Wildman–Crippen MR) is 121 cm³/mol. The van der Waals surface area contributed by atoms with Gasteiger partial charge in [-0.05, 0) is 62.0 Å². The molecule has 28 heavy (non-hydrogen) atoms. The molecule has 4 heteroatoms. The van der Waals surface area contributed by atoms with E-state index in [0.717, 1.165) is 38.3 Å². The number of hydrogen-bond donors (Lipinski definition) is 0. The van der Waals surface area contributed by atoms with Crippen molar-refractivity contribution in [2.75, 3.05) is 39.3 Å². The first kappa shape index (κ1) is 18.1. The van der Waals surface area contributed by atoms with Gasteiger partial charge in [0, 0.05) is 42.5 Å². The summed E-state index contributed by atoms with van der Waals surface area (Å²) in [5.74, 6) is 1.01. The Balaban J connectivity index is 1.31. The molecule has 1 aromatic carbocycles. The molecule has 5 rings (SSSR count). The molecule has 0 spiro atoms. The Bertz CT molecular complexity index is 847. The van der Waals surface area contributed by atoms with Gasteiger partial charge >= 0.3 is 0 Å². The van der Waals surface area contributed by atoms with Crippen molar-refractivity contribution in [3.63, 3.8) is 0 Å². The molecule has 0 aliphatic carbocycles. The van der Waals surface area contributed by atoms with Gasteiger partial charge in [0.25, 0.3) is 0 Å². The van der Waals surface area contributed by atoms with Gasteiger partial charge in [0.2, 0.25) is 16.7 Å². The lowest BCUT2D eigenvalue weighted by atomic mass is 9.90. The fourth-order valence-electron chi connectivity index (χ4n) is 4.76. The van der Waals surface area contributed by atoms with Gasteiger partial charge in [-0.2, -0.15) is 0 Å². The fraction of sp³-hybridized carbons (Fsp3) is 0.458. The van der Waals surface area contributed by atoms with Crippen LogP contribution in [0.3, 0.4) is 0 Å². The van der Waals surface area contributed by atoms with Gasteiger partial charge < -0.3 is 14.5 Å². The van der Waals surface area contributed by atoms with E-state index in [-0.39, 0.29) is 0 Å². The van der Waals surface area contributed by atoms with Gasteiger partial charge in [-0.25, -0.2) is 0 Å². The Morgan fingerprint density at radius 1 is 1.04 bits per heavy atom. The van der Waals surface area contributed by atoms with Gasteiger partial charge in [0.15, 0.2) is 5.41 Å². The molecule has 0 unspecified atom stereocenters. The zero-order chi connectivity index (χ0) is 18.8. The van der Waals surface area contributed by atoms with Gasteiger partial charge in [-0.15, -0.1) is 0 Å². The first-order valence-electron chi connectivity index (χ1n) is 10.7. The number of nitrogens with zero attached hydrogens (tertiary/aromatic N) is 2. The monoisotopic (exact) mass is 393 g/mol. The van der Waals surface area contributed by atoms with Crippen LogP contribution in [-0.4, -0.2) is 54.5 Å². The summed E-state index contributed by atoms with van der Waals surface area (Å²) in [6.45, 7) is 6.65. The molecule has 0 amide bonds. The maximum Gasteiger partial charge on any atom is 0.212 e. The van der Waals surface area contributed by atoms with Crippen molar-refractivity contribution < 1.29 is 4.74 Å². The second-order valence-electron chi connectivity index (χ2n) is 8.10. The molecule has 0 bridgehead atoms. The maximum absolute atomic E-state index is 6.16. The normalized spacial score (nSPS) is 23.7. The van der Waals surface area contributed by atoms with Crippen molar-refractivity contribution in [2.45, 2.75) is 32.1 Å². The summed E-state index contributed by atoms with van der Waals surface area (Å²) in [7, 11) is 0. The Kier molecular flexibility index (Phi) is 5.32. The molecular formula is C24H29N2OS+. The van der Waals surface area contributed by atoms with Gasteiger partial charge in [0.05, 0.1) is 6.61 Å². The lowest BCUT2D eigenvalue weighted by Gasteiger charge is -2.32. The lowest BCUT2D eigenvalue weighted by Crippen LogP contribution is -2.31. The molecular weight excluding hydrogens is 364 g/mol. The van der Waals surface area contributed by atoms with E-state index in [1.54, 1.807) is 11.4 Å². The largest absolute Gasteiger partial charge is 0.494 e. The van der Waals surface area contributed by atoms with Gasteiger partial charge in [-0.3, -0.25) is 0 Å².